The second-order valence-electron chi connectivity index (χ2n) is 7.96. The van der Waals surface area contributed by atoms with Crippen molar-refractivity contribution in [2.75, 3.05) is 26.2 Å². The van der Waals surface area contributed by atoms with E-state index in [0.717, 1.165) is 0 Å². The summed E-state index contributed by atoms with van der Waals surface area (Å²) in [5.41, 5.74) is -0.000625. The van der Waals surface area contributed by atoms with Gasteiger partial charge in [-0.15, -0.1) is 0 Å². The Kier molecular flexibility index (Phi) is 6.18. The lowest BCUT2D eigenvalue weighted by atomic mass is 10.1. The molecule has 29 heavy (non-hydrogen) atoms. The lowest BCUT2D eigenvalue weighted by Gasteiger charge is -2.36. The molecule has 0 aromatic heterocycles. The molecule has 2 aliphatic heterocycles. The molecule has 1 aromatic rings. The van der Waals surface area contributed by atoms with Gasteiger partial charge in [0.15, 0.2) is 0 Å². The summed E-state index contributed by atoms with van der Waals surface area (Å²) in [6.07, 6.45) is -0.504. The second-order valence-corrected chi connectivity index (χ2v) is 7.96. The molecule has 2 saturated heterocycles. The van der Waals surface area contributed by atoms with Gasteiger partial charge in [0.05, 0.1) is 29.3 Å². The second kappa shape index (κ2) is 8.46. The van der Waals surface area contributed by atoms with E-state index >= 15 is 0 Å². The van der Waals surface area contributed by atoms with Crippen LogP contribution in [0.25, 0.3) is 0 Å². The average molecular weight is 405 g/mol. The van der Waals surface area contributed by atoms with Crippen molar-refractivity contribution >= 4 is 17.5 Å². The third-order valence-corrected chi connectivity index (χ3v) is 5.04. The van der Waals surface area contributed by atoms with Crippen LogP contribution < -0.4 is 0 Å². The number of carbonyl (C=O) groups is 2. The van der Waals surface area contributed by atoms with E-state index in [-0.39, 0.29) is 53.0 Å². The van der Waals surface area contributed by atoms with Crippen LogP contribution in [0.3, 0.4) is 0 Å². The van der Waals surface area contributed by atoms with Gasteiger partial charge in [0.25, 0.3) is 17.5 Å². The third-order valence-electron chi connectivity index (χ3n) is 5.04. The molecule has 3 rings (SSSR count). The van der Waals surface area contributed by atoms with Crippen LogP contribution in [0.4, 0.5) is 5.69 Å². The molecule has 0 bridgehead atoms. The lowest BCUT2D eigenvalue weighted by Crippen LogP contribution is -2.48. The van der Waals surface area contributed by atoms with Crippen molar-refractivity contribution in [1.82, 2.24) is 9.80 Å². The highest BCUT2D eigenvalue weighted by atomic mass is 16.6. The minimum absolute atomic E-state index is 0.126. The van der Waals surface area contributed by atoms with Crippen molar-refractivity contribution in [3.8, 4) is 0 Å². The first-order chi connectivity index (χ1) is 13.6. The highest BCUT2D eigenvalue weighted by Crippen LogP contribution is 2.23. The monoisotopic (exact) mass is 405 g/mol. The SMILES string of the molecule is C[C@@H]1CN(C(=O)c2cc(C(=O)N3C[C@H](C)O[C@@H](C)C3)cc([N+](=O)[O-])c2)C[C@H](C)O1. The normalized spacial score (nSPS) is 27.6. The molecule has 0 unspecified atom stereocenters. The van der Waals surface area contributed by atoms with Gasteiger partial charge in [-0.3, -0.25) is 19.7 Å². The summed E-state index contributed by atoms with van der Waals surface area (Å²) in [5.74, 6) is -0.679. The number of benzene rings is 1. The number of rotatable bonds is 3. The van der Waals surface area contributed by atoms with Crippen LogP contribution in [-0.2, 0) is 9.47 Å². The van der Waals surface area contributed by atoms with Crippen LogP contribution in [0.1, 0.15) is 48.4 Å². The first-order valence-corrected chi connectivity index (χ1v) is 9.83. The molecule has 0 saturated carbocycles. The van der Waals surface area contributed by atoms with Crippen molar-refractivity contribution in [3.63, 3.8) is 0 Å². The number of morpholine rings is 2. The fourth-order valence-electron chi connectivity index (χ4n) is 4.02. The number of ether oxygens (including phenoxy) is 2. The molecule has 9 nitrogen and oxygen atoms in total. The van der Waals surface area contributed by atoms with Crippen LogP contribution in [-0.4, -0.2) is 77.1 Å². The minimum atomic E-state index is -0.581. The van der Waals surface area contributed by atoms with Crippen molar-refractivity contribution in [1.29, 1.82) is 0 Å². The molecule has 2 aliphatic rings. The fraction of sp³-hybridized carbons (Fsp3) is 0.600. The smallest absolute Gasteiger partial charge is 0.271 e. The van der Waals surface area contributed by atoms with Crippen molar-refractivity contribution in [3.05, 3.63) is 39.4 Å². The number of amides is 2. The number of carbonyl (C=O) groups excluding carboxylic acids is 2. The summed E-state index contributed by atoms with van der Waals surface area (Å²) in [7, 11) is 0. The summed E-state index contributed by atoms with van der Waals surface area (Å²) in [6.45, 7) is 9.08. The first kappa shape index (κ1) is 21.2. The molecule has 158 valence electrons. The molecule has 9 heteroatoms. The van der Waals surface area contributed by atoms with Crippen LogP contribution in [0.5, 0.6) is 0 Å². The zero-order chi connectivity index (χ0) is 21.3. The molecule has 0 aliphatic carbocycles. The Morgan fingerprint density at radius 1 is 0.828 bits per heavy atom. The van der Waals surface area contributed by atoms with Crippen LogP contribution >= 0.6 is 0 Å². The maximum Gasteiger partial charge on any atom is 0.271 e. The predicted octanol–water partition coefficient (Wildman–Crippen LogP) is 2.09. The Balaban J connectivity index is 1.90. The van der Waals surface area contributed by atoms with Crippen molar-refractivity contribution in [2.24, 2.45) is 0 Å². The number of non-ortho nitro benzene ring substituents is 1. The minimum Gasteiger partial charge on any atom is -0.372 e. The summed E-state index contributed by atoms with van der Waals surface area (Å²) in [6, 6.07) is 3.91. The third kappa shape index (κ3) is 4.91. The van der Waals surface area contributed by atoms with E-state index in [1.807, 2.05) is 27.7 Å². The van der Waals surface area contributed by atoms with Gasteiger partial charge in [-0.2, -0.15) is 0 Å². The van der Waals surface area contributed by atoms with Gasteiger partial charge in [0.1, 0.15) is 0 Å². The van der Waals surface area contributed by atoms with E-state index in [9.17, 15) is 19.7 Å². The van der Waals surface area contributed by atoms with Gasteiger partial charge in [-0.1, -0.05) is 0 Å². The van der Waals surface area contributed by atoms with Gasteiger partial charge in [0, 0.05) is 49.4 Å². The lowest BCUT2D eigenvalue weighted by molar-refractivity contribution is -0.384. The summed E-state index contributed by atoms with van der Waals surface area (Å²) in [4.78, 5) is 40.1. The Labute approximate surface area is 169 Å². The summed E-state index contributed by atoms with van der Waals surface area (Å²) in [5, 5.41) is 11.4. The van der Waals surface area contributed by atoms with E-state index in [1.165, 1.54) is 18.2 Å². The van der Waals surface area contributed by atoms with Crippen molar-refractivity contribution in [2.45, 2.75) is 52.1 Å². The summed E-state index contributed by atoms with van der Waals surface area (Å²) >= 11 is 0. The number of nitro benzene ring substituents is 1. The maximum absolute atomic E-state index is 13.0. The van der Waals surface area contributed by atoms with Crippen molar-refractivity contribution < 1.29 is 24.0 Å². The molecule has 2 heterocycles. The predicted molar refractivity (Wildman–Crippen MR) is 105 cm³/mol. The molecule has 2 fully saturated rings. The van der Waals surface area contributed by atoms with E-state index in [1.54, 1.807) is 9.80 Å². The Morgan fingerprint density at radius 2 is 1.17 bits per heavy atom. The van der Waals surface area contributed by atoms with Gasteiger partial charge in [-0.05, 0) is 33.8 Å². The number of nitrogens with zero attached hydrogens (tertiary/aromatic N) is 3. The highest BCUT2D eigenvalue weighted by Gasteiger charge is 2.31. The van der Waals surface area contributed by atoms with Gasteiger partial charge in [0.2, 0.25) is 0 Å². The maximum atomic E-state index is 13.0. The van der Waals surface area contributed by atoms with Gasteiger partial charge < -0.3 is 19.3 Å². The quantitative estimate of drug-likeness (QED) is 0.564. The Hall–Kier alpha value is -2.52. The van der Waals surface area contributed by atoms with E-state index in [4.69, 9.17) is 9.47 Å². The Morgan fingerprint density at radius 3 is 1.48 bits per heavy atom. The first-order valence-electron chi connectivity index (χ1n) is 9.83. The molecular weight excluding hydrogens is 378 g/mol. The largest absolute Gasteiger partial charge is 0.372 e. The van der Waals surface area contributed by atoms with Gasteiger partial charge >= 0.3 is 0 Å². The molecule has 1 aromatic carbocycles. The number of hydrogen-bond acceptors (Lipinski definition) is 6. The zero-order valence-electron chi connectivity index (χ0n) is 17.2. The zero-order valence-corrected chi connectivity index (χ0v) is 17.2. The van der Waals surface area contributed by atoms with Crippen LogP contribution in [0, 0.1) is 10.1 Å². The molecule has 0 spiro atoms. The van der Waals surface area contributed by atoms with E-state index < -0.39 is 4.92 Å². The number of hydrogen-bond donors (Lipinski definition) is 0. The standard InChI is InChI=1S/C20H27N3O6/c1-12-8-21(9-13(2)28-12)19(24)16-5-17(7-18(6-16)23(26)27)20(25)22-10-14(3)29-15(4)11-22/h5-7,12-15H,8-11H2,1-4H3/t12-,13-,14-,15+/m0/s1. The fourth-order valence-corrected chi connectivity index (χ4v) is 4.02. The highest BCUT2D eigenvalue weighted by molar-refractivity contribution is 6.00. The Bertz CT molecular complexity index is 737. The average Bonchev–Trinajstić information content (AvgIpc) is 2.64. The molecule has 0 N–H and O–H groups in total. The molecule has 0 radical (unpaired) electrons. The van der Waals surface area contributed by atoms with Gasteiger partial charge in [-0.25, -0.2) is 0 Å². The number of nitro groups is 1. The van der Waals surface area contributed by atoms with Crippen LogP contribution in [0.2, 0.25) is 0 Å². The molecule has 4 atom stereocenters. The molecular formula is C20H27N3O6. The summed E-state index contributed by atoms with van der Waals surface area (Å²) < 4.78 is 11.3. The molecule has 2 amide bonds. The van der Waals surface area contributed by atoms with E-state index in [0.29, 0.717) is 26.2 Å². The topological polar surface area (TPSA) is 102 Å². The van der Waals surface area contributed by atoms with Crippen LogP contribution in [0.15, 0.2) is 18.2 Å². The van der Waals surface area contributed by atoms with E-state index in [2.05, 4.69) is 0 Å².